The molecule has 0 aliphatic heterocycles. The molecule has 0 saturated heterocycles. The lowest BCUT2D eigenvalue weighted by Gasteiger charge is -2.22. The Balaban J connectivity index is 2.26. The first-order valence-electron chi connectivity index (χ1n) is 7.41. The molecule has 22 heavy (non-hydrogen) atoms. The summed E-state index contributed by atoms with van der Waals surface area (Å²) in [4.78, 5) is 13.3. The van der Waals surface area contributed by atoms with Crippen LogP contribution in [-0.2, 0) is 0 Å². The summed E-state index contributed by atoms with van der Waals surface area (Å²) in [6.07, 6.45) is 1.61. The van der Waals surface area contributed by atoms with Crippen molar-refractivity contribution in [3.8, 4) is 11.1 Å². The molecule has 0 aliphatic rings. The average Bonchev–Trinajstić information content (AvgIpc) is 2.89. The van der Waals surface area contributed by atoms with E-state index in [4.69, 9.17) is 0 Å². The van der Waals surface area contributed by atoms with E-state index in [1.165, 1.54) is 16.0 Å². The molecule has 5 heteroatoms. The Kier molecular flexibility index (Phi) is 4.36. The minimum absolute atomic E-state index is 0.114. The minimum Gasteiger partial charge on any atom is -0.395 e. The molecule has 4 nitrogen and oxygen atoms in total. The van der Waals surface area contributed by atoms with Crippen LogP contribution in [0.25, 0.3) is 21.3 Å². The number of thiophene rings is 1. The second kappa shape index (κ2) is 6.42. The molecular weight excluding hydrogens is 294 g/mol. The lowest BCUT2D eigenvalue weighted by Crippen LogP contribution is -2.27. The van der Waals surface area contributed by atoms with E-state index in [0.29, 0.717) is 6.54 Å². The number of anilines is 1. The predicted molar refractivity (Wildman–Crippen MR) is 92.6 cm³/mol. The van der Waals surface area contributed by atoms with Gasteiger partial charge in [0, 0.05) is 23.5 Å². The van der Waals surface area contributed by atoms with Crippen LogP contribution in [0.5, 0.6) is 0 Å². The molecule has 0 unspecified atom stereocenters. The maximum absolute atomic E-state index is 9.31. The van der Waals surface area contributed by atoms with Crippen molar-refractivity contribution < 1.29 is 5.11 Å². The van der Waals surface area contributed by atoms with E-state index in [2.05, 4.69) is 40.8 Å². The van der Waals surface area contributed by atoms with Crippen LogP contribution in [0.3, 0.4) is 0 Å². The Labute approximate surface area is 134 Å². The monoisotopic (exact) mass is 313 g/mol. The van der Waals surface area contributed by atoms with Crippen molar-refractivity contribution in [3.63, 3.8) is 0 Å². The number of fused-ring (bicyclic) bond motifs is 1. The highest BCUT2D eigenvalue weighted by Crippen LogP contribution is 2.41. The van der Waals surface area contributed by atoms with E-state index in [1.807, 2.05) is 18.2 Å². The molecule has 0 amide bonds. The third-order valence-electron chi connectivity index (χ3n) is 3.76. The zero-order valence-electron chi connectivity index (χ0n) is 12.8. The largest absolute Gasteiger partial charge is 0.395 e. The van der Waals surface area contributed by atoms with Crippen LogP contribution in [0.2, 0.25) is 0 Å². The summed E-state index contributed by atoms with van der Waals surface area (Å²) in [5.74, 6) is 0.907. The Morgan fingerprint density at radius 2 is 1.95 bits per heavy atom. The number of rotatable bonds is 5. The summed E-state index contributed by atoms with van der Waals surface area (Å²) in [7, 11) is 0. The Morgan fingerprint density at radius 3 is 2.64 bits per heavy atom. The third kappa shape index (κ3) is 2.58. The summed E-state index contributed by atoms with van der Waals surface area (Å²) < 4.78 is 0. The number of aliphatic hydroxyl groups is 1. The molecule has 0 atom stereocenters. The second-order valence-electron chi connectivity index (χ2n) is 5.08. The maximum Gasteiger partial charge on any atom is 0.141 e. The fourth-order valence-corrected chi connectivity index (χ4v) is 3.76. The predicted octanol–water partition coefficient (Wildman–Crippen LogP) is 3.49. The van der Waals surface area contributed by atoms with E-state index in [0.717, 1.165) is 22.6 Å². The molecule has 2 aromatic heterocycles. The first-order valence-corrected chi connectivity index (χ1v) is 8.23. The number of aliphatic hydroxyl groups excluding tert-OH is 1. The number of aryl methyl sites for hydroxylation is 1. The molecule has 2 heterocycles. The fraction of sp³-hybridized carbons (Fsp3) is 0.294. The molecule has 0 spiro atoms. The van der Waals surface area contributed by atoms with Crippen LogP contribution >= 0.6 is 11.3 Å². The fourth-order valence-electron chi connectivity index (χ4n) is 2.76. The van der Waals surface area contributed by atoms with Crippen LogP contribution in [0.4, 0.5) is 5.82 Å². The molecule has 3 rings (SSSR count). The van der Waals surface area contributed by atoms with Crippen molar-refractivity contribution >= 4 is 27.4 Å². The number of benzene rings is 1. The highest BCUT2D eigenvalue weighted by atomic mass is 32.1. The highest BCUT2D eigenvalue weighted by Gasteiger charge is 2.19. The Morgan fingerprint density at radius 1 is 1.18 bits per heavy atom. The van der Waals surface area contributed by atoms with Crippen LogP contribution < -0.4 is 4.90 Å². The molecule has 0 bridgehead atoms. The topological polar surface area (TPSA) is 49.2 Å². The van der Waals surface area contributed by atoms with Crippen molar-refractivity contribution in [3.05, 3.63) is 41.5 Å². The summed E-state index contributed by atoms with van der Waals surface area (Å²) in [5, 5.41) is 10.4. The summed E-state index contributed by atoms with van der Waals surface area (Å²) in [6.45, 7) is 5.69. The van der Waals surface area contributed by atoms with E-state index in [9.17, 15) is 5.11 Å². The average molecular weight is 313 g/mol. The quantitative estimate of drug-likeness (QED) is 0.783. The van der Waals surface area contributed by atoms with Crippen LogP contribution in [0.1, 0.15) is 11.8 Å². The van der Waals surface area contributed by atoms with Crippen LogP contribution in [0, 0.1) is 6.92 Å². The smallest absolute Gasteiger partial charge is 0.141 e. The van der Waals surface area contributed by atoms with Gasteiger partial charge in [0.05, 0.1) is 12.0 Å². The van der Waals surface area contributed by atoms with Crippen molar-refractivity contribution in [1.82, 2.24) is 9.97 Å². The molecule has 0 aliphatic carbocycles. The van der Waals surface area contributed by atoms with Gasteiger partial charge in [-0.05, 0) is 19.4 Å². The molecule has 3 aromatic rings. The van der Waals surface area contributed by atoms with Gasteiger partial charge in [0.2, 0.25) is 0 Å². The normalized spacial score (nSPS) is 11.0. The number of aromatic nitrogens is 2. The number of hydrogen-bond donors (Lipinski definition) is 1. The van der Waals surface area contributed by atoms with Gasteiger partial charge in [-0.3, -0.25) is 0 Å². The van der Waals surface area contributed by atoms with Crippen LogP contribution in [-0.4, -0.2) is 34.8 Å². The first kappa shape index (κ1) is 14.9. The Bertz CT molecular complexity index is 770. The van der Waals surface area contributed by atoms with Gasteiger partial charge in [0.1, 0.15) is 17.0 Å². The molecule has 0 saturated carbocycles. The zero-order valence-corrected chi connectivity index (χ0v) is 13.6. The SMILES string of the molecule is CCN(CCO)c1ncnc2sc(C)c(-c3ccccc3)c12. The summed E-state index contributed by atoms with van der Waals surface area (Å²) in [6, 6.07) is 10.4. The van der Waals surface area contributed by atoms with Gasteiger partial charge < -0.3 is 10.0 Å². The number of nitrogens with zero attached hydrogens (tertiary/aromatic N) is 3. The van der Waals surface area contributed by atoms with Gasteiger partial charge in [-0.15, -0.1) is 11.3 Å². The van der Waals surface area contributed by atoms with Gasteiger partial charge in [-0.2, -0.15) is 0 Å². The molecule has 1 N–H and O–H groups in total. The second-order valence-corrected chi connectivity index (χ2v) is 6.28. The molecule has 1 aromatic carbocycles. The highest BCUT2D eigenvalue weighted by molar-refractivity contribution is 7.19. The molecular formula is C17H19N3OS. The van der Waals surface area contributed by atoms with E-state index in [1.54, 1.807) is 17.7 Å². The van der Waals surface area contributed by atoms with Crippen LogP contribution in [0.15, 0.2) is 36.7 Å². The first-order chi connectivity index (χ1) is 10.8. The third-order valence-corrected chi connectivity index (χ3v) is 4.77. The van der Waals surface area contributed by atoms with Crippen molar-refractivity contribution in [2.24, 2.45) is 0 Å². The summed E-state index contributed by atoms with van der Waals surface area (Å²) in [5.41, 5.74) is 2.38. The minimum atomic E-state index is 0.114. The van der Waals surface area contributed by atoms with E-state index in [-0.39, 0.29) is 6.61 Å². The zero-order chi connectivity index (χ0) is 15.5. The van der Waals surface area contributed by atoms with Crippen molar-refractivity contribution in [2.45, 2.75) is 13.8 Å². The number of hydrogen-bond acceptors (Lipinski definition) is 5. The molecule has 0 radical (unpaired) electrons. The lowest BCUT2D eigenvalue weighted by atomic mass is 10.0. The van der Waals surface area contributed by atoms with Gasteiger partial charge >= 0.3 is 0 Å². The van der Waals surface area contributed by atoms with Gasteiger partial charge in [-0.25, -0.2) is 9.97 Å². The standard InChI is InChI=1S/C17H19N3OS/c1-3-20(9-10-21)16-15-14(13-7-5-4-6-8-13)12(2)22-17(15)19-11-18-16/h4-8,11,21H,3,9-10H2,1-2H3. The maximum atomic E-state index is 9.31. The van der Waals surface area contributed by atoms with E-state index < -0.39 is 0 Å². The number of likely N-dealkylation sites (N-methyl/N-ethyl adjacent to an activating group) is 1. The molecule has 0 fully saturated rings. The van der Waals surface area contributed by atoms with Gasteiger partial charge in [0.25, 0.3) is 0 Å². The van der Waals surface area contributed by atoms with Gasteiger partial charge in [-0.1, -0.05) is 30.3 Å². The Hall–Kier alpha value is -1.98. The van der Waals surface area contributed by atoms with E-state index >= 15 is 0 Å². The van der Waals surface area contributed by atoms with Crippen molar-refractivity contribution in [1.29, 1.82) is 0 Å². The van der Waals surface area contributed by atoms with Gasteiger partial charge in [0.15, 0.2) is 0 Å². The summed E-state index contributed by atoms with van der Waals surface area (Å²) >= 11 is 1.69. The molecule has 114 valence electrons. The van der Waals surface area contributed by atoms with Crippen molar-refractivity contribution in [2.75, 3.05) is 24.6 Å². The lowest BCUT2D eigenvalue weighted by molar-refractivity contribution is 0.302.